The molecular weight excluding hydrogens is 274 g/mol. The number of nitrogens with two attached hydrogens (primary N) is 1. The maximum atomic E-state index is 5.99. The largest absolute Gasteiger partial charge is 0.370 e. The Balaban J connectivity index is 1.81. The molecule has 0 spiro atoms. The minimum atomic E-state index is 0.427. The Morgan fingerprint density at radius 3 is 2.45 bits per heavy atom. The first kappa shape index (κ1) is 16.8. The fraction of sp³-hybridized carbons (Fsp3) is 0.588. The summed E-state index contributed by atoms with van der Waals surface area (Å²) in [6.07, 6.45) is 1.05. The molecule has 1 aliphatic heterocycles. The number of guanidine groups is 1. The van der Waals surface area contributed by atoms with Crippen molar-refractivity contribution in [1.29, 1.82) is 0 Å². The second-order valence-corrected chi connectivity index (χ2v) is 6.09. The SMILES string of the molecule is CCc1ccc(NC(N)=NCC(C)N2CCN(C)CC2)cc1. The molecule has 122 valence electrons. The van der Waals surface area contributed by atoms with Crippen molar-refractivity contribution >= 4 is 11.6 Å². The molecule has 22 heavy (non-hydrogen) atoms. The average molecular weight is 303 g/mol. The van der Waals surface area contributed by atoms with Gasteiger partial charge in [-0.05, 0) is 38.1 Å². The van der Waals surface area contributed by atoms with E-state index in [0.717, 1.165) is 44.8 Å². The van der Waals surface area contributed by atoms with Gasteiger partial charge in [0.1, 0.15) is 0 Å². The molecule has 3 N–H and O–H groups in total. The fourth-order valence-electron chi connectivity index (χ4n) is 2.62. The predicted molar refractivity (Wildman–Crippen MR) is 94.5 cm³/mol. The molecule has 1 aliphatic rings. The van der Waals surface area contributed by atoms with Gasteiger partial charge < -0.3 is 16.0 Å². The molecule has 1 atom stereocenters. The van der Waals surface area contributed by atoms with Gasteiger partial charge in [0, 0.05) is 37.9 Å². The first-order valence-corrected chi connectivity index (χ1v) is 8.17. The van der Waals surface area contributed by atoms with Gasteiger partial charge in [0.25, 0.3) is 0 Å². The maximum Gasteiger partial charge on any atom is 0.193 e. The lowest BCUT2D eigenvalue weighted by molar-refractivity contribution is 0.122. The Bertz CT molecular complexity index is 474. The van der Waals surface area contributed by atoms with Crippen LogP contribution in [0, 0.1) is 0 Å². The minimum absolute atomic E-state index is 0.427. The third-order valence-electron chi connectivity index (χ3n) is 4.32. The predicted octanol–water partition coefficient (Wildman–Crippen LogP) is 1.61. The number of benzene rings is 1. The Hall–Kier alpha value is -1.59. The third kappa shape index (κ3) is 5.00. The highest BCUT2D eigenvalue weighted by Gasteiger charge is 2.18. The lowest BCUT2D eigenvalue weighted by Crippen LogP contribution is -2.49. The summed E-state index contributed by atoms with van der Waals surface area (Å²) in [6, 6.07) is 8.75. The third-order valence-corrected chi connectivity index (χ3v) is 4.32. The van der Waals surface area contributed by atoms with Crippen molar-refractivity contribution in [1.82, 2.24) is 9.80 Å². The molecule has 2 rings (SSSR count). The van der Waals surface area contributed by atoms with Crippen LogP contribution in [0.1, 0.15) is 19.4 Å². The highest BCUT2D eigenvalue weighted by Crippen LogP contribution is 2.10. The number of aliphatic imine (C=N–C) groups is 1. The van der Waals surface area contributed by atoms with Crippen molar-refractivity contribution in [2.75, 3.05) is 45.1 Å². The van der Waals surface area contributed by atoms with E-state index in [0.29, 0.717) is 12.0 Å². The van der Waals surface area contributed by atoms with Gasteiger partial charge in [0.15, 0.2) is 5.96 Å². The van der Waals surface area contributed by atoms with Crippen LogP contribution in [0.2, 0.25) is 0 Å². The van der Waals surface area contributed by atoms with Crippen LogP contribution in [-0.2, 0) is 6.42 Å². The Labute approximate surface area is 134 Å². The zero-order valence-corrected chi connectivity index (χ0v) is 14.0. The van der Waals surface area contributed by atoms with Gasteiger partial charge in [-0.15, -0.1) is 0 Å². The number of aryl methyl sites for hydroxylation is 1. The van der Waals surface area contributed by atoms with Crippen LogP contribution in [-0.4, -0.2) is 61.6 Å². The van der Waals surface area contributed by atoms with Crippen LogP contribution in [0.5, 0.6) is 0 Å². The van der Waals surface area contributed by atoms with Gasteiger partial charge in [-0.25, -0.2) is 0 Å². The van der Waals surface area contributed by atoms with E-state index >= 15 is 0 Å². The van der Waals surface area contributed by atoms with E-state index in [1.807, 2.05) is 12.1 Å². The molecule has 1 unspecified atom stereocenters. The summed E-state index contributed by atoms with van der Waals surface area (Å²) < 4.78 is 0. The first-order chi connectivity index (χ1) is 10.6. The van der Waals surface area contributed by atoms with Crippen LogP contribution in [0.15, 0.2) is 29.3 Å². The molecule has 0 amide bonds. The van der Waals surface area contributed by atoms with Gasteiger partial charge >= 0.3 is 0 Å². The Morgan fingerprint density at radius 2 is 1.86 bits per heavy atom. The van der Waals surface area contributed by atoms with E-state index in [1.165, 1.54) is 5.56 Å². The fourth-order valence-corrected chi connectivity index (χ4v) is 2.62. The van der Waals surface area contributed by atoms with Gasteiger partial charge in [0.2, 0.25) is 0 Å². The number of nitrogens with zero attached hydrogens (tertiary/aromatic N) is 3. The van der Waals surface area contributed by atoms with Crippen molar-refractivity contribution in [3.63, 3.8) is 0 Å². The van der Waals surface area contributed by atoms with Crippen LogP contribution in [0.4, 0.5) is 5.69 Å². The van der Waals surface area contributed by atoms with Crippen LogP contribution >= 0.6 is 0 Å². The molecule has 1 aromatic rings. The molecule has 0 aliphatic carbocycles. The minimum Gasteiger partial charge on any atom is -0.370 e. The number of likely N-dealkylation sites (N-methyl/N-ethyl adjacent to an activating group) is 1. The molecule has 1 aromatic carbocycles. The summed E-state index contributed by atoms with van der Waals surface area (Å²) in [5.41, 5.74) is 8.30. The molecule has 0 bridgehead atoms. The normalized spacial score (nSPS) is 19.1. The van der Waals surface area contributed by atoms with E-state index in [-0.39, 0.29) is 0 Å². The summed E-state index contributed by atoms with van der Waals surface area (Å²) >= 11 is 0. The summed E-state index contributed by atoms with van der Waals surface area (Å²) in [6.45, 7) is 9.58. The molecule has 1 heterocycles. The number of hydrogen-bond donors (Lipinski definition) is 2. The van der Waals surface area contributed by atoms with E-state index in [9.17, 15) is 0 Å². The number of anilines is 1. The van der Waals surface area contributed by atoms with Crippen molar-refractivity contribution in [2.24, 2.45) is 10.7 Å². The smallest absolute Gasteiger partial charge is 0.193 e. The summed E-state index contributed by atoms with van der Waals surface area (Å²) in [4.78, 5) is 9.33. The summed E-state index contributed by atoms with van der Waals surface area (Å²) in [5, 5.41) is 3.16. The second kappa shape index (κ2) is 8.15. The highest BCUT2D eigenvalue weighted by atomic mass is 15.3. The summed E-state index contributed by atoms with van der Waals surface area (Å²) in [5.74, 6) is 0.491. The van der Waals surface area contributed by atoms with Gasteiger partial charge in [0.05, 0.1) is 6.54 Å². The van der Waals surface area contributed by atoms with Crippen molar-refractivity contribution < 1.29 is 0 Å². The van der Waals surface area contributed by atoms with E-state index in [1.54, 1.807) is 0 Å². The van der Waals surface area contributed by atoms with Crippen LogP contribution in [0.25, 0.3) is 0 Å². The molecule has 0 aromatic heterocycles. The lowest BCUT2D eigenvalue weighted by Gasteiger charge is -2.35. The molecule has 1 fully saturated rings. The van der Waals surface area contributed by atoms with Gasteiger partial charge in [-0.2, -0.15) is 0 Å². The second-order valence-electron chi connectivity index (χ2n) is 6.09. The van der Waals surface area contributed by atoms with Crippen molar-refractivity contribution in [2.45, 2.75) is 26.3 Å². The molecular formula is C17H29N5. The first-order valence-electron chi connectivity index (χ1n) is 8.17. The highest BCUT2D eigenvalue weighted by molar-refractivity contribution is 5.92. The molecule has 0 radical (unpaired) electrons. The zero-order chi connectivity index (χ0) is 15.9. The van der Waals surface area contributed by atoms with Crippen molar-refractivity contribution in [3.05, 3.63) is 29.8 Å². The Morgan fingerprint density at radius 1 is 1.23 bits per heavy atom. The van der Waals surface area contributed by atoms with Gasteiger partial charge in [-0.1, -0.05) is 19.1 Å². The number of piperazine rings is 1. The number of rotatable bonds is 5. The number of hydrogen-bond acceptors (Lipinski definition) is 3. The molecule has 1 saturated heterocycles. The molecule has 5 heteroatoms. The topological polar surface area (TPSA) is 56.9 Å². The standard InChI is InChI=1S/C17H29N5/c1-4-15-5-7-16(8-6-15)20-17(18)19-13-14(2)22-11-9-21(3)10-12-22/h5-8,14H,4,9-13H2,1-3H3,(H3,18,19,20). The Kier molecular flexibility index (Phi) is 6.21. The zero-order valence-electron chi connectivity index (χ0n) is 14.0. The van der Waals surface area contributed by atoms with E-state index in [2.05, 4.69) is 53.1 Å². The summed E-state index contributed by atoms with van der Waals surface area (Å²) in [7, 11) is 2.17. The monoisotopic (exact) mass is 303 g/mol. The van der Waals surface area contributed by atoms with E-state index in [4.69, 9.17) is 5.73 Å². The molecule has 0 saturated carbocycles. The van der Waals surface area contributed by atoms with Crippen molar-refractivity contribution in [3.8, 4) is 0 Å². The number of nitrogens with one attached hydrogen (secondary N) is 1. The quantitative estimate of drug-likeness (QED) is 0.641. The van der Waals surface area contributed by atoms with E-state index < -0.39 is 0 Å². The van der Waals surface area contributed by atoms with Crippen LogP contribution in [0.3, 0.4) is 0 Å². The lowest BCUT2D eigenvalue weighted by atomic mass is 10.1. The molecule has 5 nitrogen and oxygen atoms in total. The van der Waals surface area contributed by atoms with Gasteiger partial charge in [-0.3, -0.25) is 9.89 Å². The van der Waals surface area contributed by atoms with Crippen LogP contribution < -0.4 is 11.1 Å². The maximum absolute atomic E-state index is 5.99. The average Bonchev–Trinajstić information content (AvgIpc) is 2.54.